The molecule has 0 bridgehead atoms. The molecule has 104 valence electrons. The molecule has 19 heavy (non-hydrogen) atoms. The van der Waals surface area contributed by atoms with Gasteiger partial charge >= 0.3 is 6.09 Å². The van der Waals surface area contributed by atoms with Crippen LogP contribution in [0.4, 0.5) is 10.5 Å². The summed E-state index contributed by atoms with van der Waals surface area (Å²) in [4.78, 5) is 12.7. The fourth-order valence-corrected chi connectivity index (χ4v) is 2.78. The minimum Gasteiger partial charge on any atom is -0.465 e. The Bertz CT molecular complexity index is 483. The van der Waals surface area contributed by atoms with Crippen LogP contribution in [0.3, 0.4) is 0 Å². The van der Waals surface area contributed by atoms with Crippen LogP contribution in [0, 0.1) is 0 Å². The van der Waals surface area contributed by atoms with Crippen LogP contribution in [-0.4, -0.2) is 25.8 Å². The van der Waals surface area contributed by atoms with E-state index < -0.39 is 14.2 Å². The molecule has 1 aromatic rings. The predicted molar refractivity (Wildman–Crippen MR) is 85.1 cm³/mol. The SMILES string of the molecule is C=Cc1ccc(N(CC[Si](C)(C)C)C(=O)O)cc1Cl. The number of hydrogen-bond donors (Lipinski definition) is 1. The first-order valence-corrected chi connectivity index (χ1v) is 10.3. The molecule has 1 amide bonds. The van der Waals surface area contributed by atoms with Crippen LogP contribution in [0.15, 0.2) is 24.8 Å². The molecule has 0 aliphatic rings. The lowest BCUT2D eigenvalue weighted by molar-refractivity contribution is 0.202. The van der Waals surface area contributed by atoms with Crippen LogP contribution in [0.1, 0.15) is 5.56 Å². The Kier molecular flexibility index (Phi) is 5.20. The summed E-state index contributed by atoms with van der Waals surface area (Å²) in [6.45, 7) is 10.8. The van der Waals surface area contributed by atoms with Gasteiger partial charge in [0.25, 0.3) is 0 Å². The van der Waals surface area contributed by atoms with Gasteiger partial charge in [-0.3, -0.25) is 4.90 Å². The second-order valence-electron chi connectivity index (χ2n) is 5.65. The first-order valence-electron chi connectivity index (χ1n) is 6.17. The van der Waals surface area contributed by atoms with Gasteiger partial charge in [0.2, 0.25) is 0 Å². The van der Waals surface area contributed by atoms with Crippen molar-refractivity contribution < 1.29 is 9.90 Å². The van der Waals surface area contributed by atoms with E-state index in [-0.39, 0.29) is 0 Å². The second-order valence-corrected chi connectivity index (χ2v) is 11.7. The maximum absolute atomic E-state index is 11.4. The monoisotopic (exact) mass is 297 g/mol. The van der Waals surface area contributed by atoms with Crippen molar-refractivity contribution in [1.82, 2.24) is 0 Å². The lowest BCUT2D eigenvalue weighted by atomic mass is 10.2. The van der Waals surface area contributed by atoms with Crippen molar-refractivity contribution in [1.29, 1.82) is 0 Å². The Labute approximate surface area is 120 Å². The summed E-state index contributed by atoms with van der Waals surface area (Å²) >= 11 is 6.09. The Morgan fingerprint density at radius 3 is 2.53 bits per heavy atom. The maximum Gasteiger partial charge on any atom is 0.411 e. The molecule has 1 aromatic carbocycles. The lowest BCUT2D eigenvalue weighted by Gasteiger charge is -2.24. The number of rotatable bonds is 5. The average molecular weight is 298 g/mol. The van der Waals surface area contributed by atoms with Gasteiger partial charge in [-0.2, -0.15) is 0 Å². The molecule has 0 saturated carbocycles. The van der Waals surface area contributed by atoms with Crippen LogP contribution in [0.5, 0.6) is 0 Å². The molecule has 3 nitrogen and oxygen atoms in total. The highest BCUT2D eigenvalue weighted by Crippen LogP contribution is 2.25. The normalized spacial score (nSPS) is 11.2. The summed E-state index contributed by atoms with van der Waals surface area (Å²) in [7, 11) is -1.28. The fourth-order valence-electron chi connectivity index (χ4n) is 1.63. The lowest BCUT2D eigenvalue weighted by Crippen LogP contribution is -2.34. The van der Waals surface area contributed by atoms with Gasteiger partial charge in [-0.1, -0.05) is 50.0 Å². The summed E-state index contributed by atoms with van der Waals surface area (Å²) in [6, 6.07) is 6.15. The van der Waals surface area contributed by atoms with Crippen molar-refractivity contribution in [3.63, 3.8) is 0 Å². The van der Waals surface area contributed by atoms with Gasteiger partial charge in [0.1, 0.15) is 0 Å². The molecule has 0 unspecified atom stereocenters. The quantitative estimate of drug-likeness (QED) is 0.793. The molecule has 0 saturated heterocycles. The zero-order chi connectivity index (χ0) is 14.6. The van der Waals surface area contributed by atoms with E-state index in [9.17, 15) is 9.90 Å². The van der Waals surface area contributed by atoms with E-state index in [2.05, 4.69) is 26.2 Å². The number of hydrogen-bond acceptors (Lipinski definition) is 1. The van der Waals surface area contributed by atoms with Gasteiger partial charge in [-0.15, -0.1) is 0 Å². The van der Waals surface area contributed by atoms with E-state index in [4.69, 9.17) is 11.6 Å². The number of benzene rings is 1. The first kappa shape index (κ1) is 15.8. The van der Waals surface area contributed by atoms with Crippen molar-refractivity contribution >= 4 is 37.5 Å². The molecular weight excluding hydrogens is 278 g/mol. The van der Waals surface area contributed by atoms with E-state index in [1.165, 1.54) is 4.90 Å². The smallest absolute Gasteiger partial charge is 0.411 e. The Morgan fingerprint density at radius 2 is 2.11 bits per heavy atom. The van der Waals surface area contributed by atoms with Crippen molar-refractivity contribution in [3.05, 3.63) is 35.4 Å². The molecule has 0 radical (unpaired) electrons. The highest BCUT2D eigenvalue weighted by molar-refractivity contribution is 6.76. The molecule has 0 aromatic heterocycles. The number of carboxylic acid groups (broad SMARTS) is 1. The molecule has 1 N–H and O–H groups in total. The molecule has 0 spiro atoms. The number of carbonyl (C=O) groups is 1. The summed E-state index contributed by atoms with van der Waals surface area (Å²) in [5.74, 6) is 0. The van der Waals surface area contributed by atoms with E-state index in [0.717, 1.165) is 11.6 Å². The third-order valence-corrected chi connectivity index (χ3v) is 4.88. The predicted octanol–water partition coefficient (Wildman–Crippen LogP) is 4.81. The molecule has 0 aliphatic heterocycles. The van der Waals surface area contributed by atoms with Crippen molar-refractivity contribution in [2.24, 2.45) is 0 Å². The van der Waals surface area contributed by atoms with Gasteiger partial charge in [-0.25, -0.2) is 4.79 Å². The van der Waals surface area contributed by atoms with E-state index in [0.29, 0.717) is 17.3 Å². The van der Waals surface area contributed by atoms with Gasteiger partial charge in [-0.05, 0) is 23.7 Å². The summed E-state index contributed by atoms with van der Waals surface area (Å²) in [5, 5.41) is 9.84. The Hall–Kier alpha value is -1.26. The average Bonchev–Trinajstić information content (AvgIpc) is 2.27. The van der Waals surface area contributed by atoms with Crippen molar-refractivity contribution in [3.8, 4) is 0 Å². The highest BCUT2D eigenvalue weighted by atomic mass is 35.5. The first-order chi connectivity index (χ1) is 8.74. The number of amides is 1. The van der Waals surface area contributed by atoms with Gasteiger partial charge in [0.05, 0.1) is 0 Å². The molecule has 0 aliphatic carbocycles. The zero-order valence-electron chi connectivity index (χ0n) is 11.6. The molecule has 0 fully saturated rings. The van der Waals surface area contributed by atoms with Gasteiger partial charge < -0.3 is 5.11 Å². The second kappa shape index (κ2) is 6.26. The minimum atomic E-state index is -1.28. The van der Waals surface area contributed by atoms with E-state index in [1.807, 2.05) is 0 Å². The van der Waals surface area contributed by atoms with Crippen LogP contribution in [-0.2, 0) is 0 Å². The van der Waals surface area contributed by atoms with E-state index >= 15 is 0 Å². The standard InChI is InChI=1S/C14H20ClNO2Si/c1-5-11-6-7-12(10-13(11)15)16(14(17)18)8-9-19(2,3)4/h5-7,10H,1,8-9H2,2-4H3,(H,17,18). The molecule has 0 atom stereocenters. The van der Waals surface area contributed by atoms with Crippen LogP contribution in [0.2, 0.25) is 30.7 Å². The number of halogens is 1. The van der Waals surface area contributed by atoms with Crippen LogP contribution in [0.25, 0.3) is 6.08 Å². The largest absolute Gasteiger partial charge is 0.465 e. The molecule has 0 heterocycles. The number of nitrogens with zero attached hydrogens (tertiary/aromatic N) is 1. The molecular formula is C14H20ClNO2Si. The summed E-state index contributed by atoms with van der Waals surface area (Å²) in [5.41, 5.74) is 1.42. The fraction of sp³-hybridized carbons (Fsp3) is 0.357. The van der Waals surface area contributed by atoms with Crippen molar-refractivity contribution in [2.45, 2.75) is 25.7 Å². The molecule has 1 rings (SSSR count). The Balaban J connectivity index is 2.96. The number of anilines is 1. The van der Waals surface area contributed by atoms with Crippen LogP contribution >= 0.6 is 11.6 Å². The summed E-state index contributed by atoms with van der Waals surface area (Å²) in [6.07, 6.45) is 0.708. The summed E-state index contributed by atoms with van der Waals surface area (Å²) < 4.78 is 0. The van der Waals surface area contributed by atoms with Crippen LogP contribution < -0.4 is 4.90 Å². The van der Waals surface area contributed by atoms with Gasteiger partial charge in [0, 0.05) is 25.3 Å². The van der Waals surface area contributed by atoms with Crippen molar-refractivity contribution in [2.75, 3.05) is 11.4 Å². The van der Waals surface area contributed by atoms with E-state index in [1.54, 1.807) is 24.3 Å². The zero-order valence-corrected chi connectivity index (χ0v) is 13.4. The Morgan fingerprint density at radius 1 is 1.47 bits per heavy atom. The van der Waals surface area contributed by atoms with Gasteiger partial charge in [0.15, 0.2) is 0 Å². The third kappa shape index (κ3) is 4.72. The molecule has 5 heteroatoms. The minimum absolute atomic E-state index is 0.509. The highest BCUT2D eigenvalue weighted by Gasteiger charge is 2.20. The maximum atomic E-state index is 11.4. The third-order valence-electron chi connectivity index (χ3n) is 2.83. The topological polar surface area (TPSA) is 40.5 Å².